The summed E-state index contributed by atoms with van der Waals surface area (Å²) in [6.45, 7) is 11.2. The van der Waals surface area contributed by atoms with Crippen molar-refractivity contribution in [2.45, 2.75) is 179 Å². The number of piperidine rings is 1. The van der Waals surface area contributed by atoms with Gasteiger partial charge in [0.2, 0.25) is 0 Å². The first-order valence-electron chi connectivity index (χ1n) is 21.5. The topological polar surface area (TPSA) is 203 Å². The van der Waals surface area contributed by atoms with E-state index in [2.05, 4.69) is 19.2 Å². The van der Waals surface area contributed by atoms with E-state index in [0.717, 1.165) is 38.6 Å². The number of Topliss-reactive ketones (excluding diaryl/α,β-unsaturated/α-hetero) is 1. The molecule has 2 aliphatic heterocycles. The monoisotopic (exact) mass is 749 g/mol. The highest BCUT2D eigenvalue weighted by atomic mass is 16.5. The average Bonchev–Trinajstić information content (AvgIpc) is 3.62. The maximum Gasteiger partial charge on any atom is 0.180 e. The lowest BCUT2D eigenvalue weighted by Gasteiger charge is -2.65. The molecule has 17 unspecified atom stereocenters. The molecule has 6 aliphatic rings. The summed E-state index contributed by atoms with van der Waals surface area (Å²) in [5, 5.41) is 72.8. The maximum absolute atomic E-state index is 14.9. The van der Waals surface area contributed by atoms with Crippen molar-refractivity contribution in [3.8, 4) is 0 Å². The molecule has 11 heteroatoms. The van der Waals surface area contributed by atoms with Crippen molar-refractivity contribution in [2.24, 2.45) is 63.0 Å². The van der Waals surface area contributed by atoms with E-state index in [-0.39, 0.29) is 43.2 Å². The Morgan fingerprint density at radius 3 is 2.51 bits per heavy atom. The molecule has 2 saturated heterocycles. The van der Waals surface area contributed by atoms with Gasteiger partial charge in [-0.1, -0.05) is 46.5 Å². The molecule has 11 nitrogen and oxygen atoms in total. The molecule has 0 aromatic carbocycles. The van der Waals surface area contributed by atoms with E-state index in [1.165, 1.54) is 19.3 Å². The second-order valence-electron chi connectivity index (χ2n) is 19.4. The maximum atomic E-state index is 14.9. The van der Waals surface area contributed by atoms with Crippen molar-refractivity contribution in [3.05, 3.63) is 0 Å². The molecule has 4 saturated carbocycles. The number of aliphatic hydroxyl groups is 6. The number of fused-ring (bicyclic) bond motifs is 5. The molecule has 0 spiro atoms. The number of carbonyl (C=O) groups is 1. The van der Waals surface area contributed by atoms with E-state index >= 15 is 0 Å². The molecule has 0 bridgehead atoms. The largest absolute Gasteiger partial charge is 0.391 e. The predicted molar refractivity (Wildman–Crippen MR) is 203 cm³/mol. The zero-order valence-electron chi connectivity index (χ0n) is 33.3. The minimum atomic E-state index is -1.57. The molecule has 0 aromatic rings. The van der Waals surface area contributed by atoms with Crippen molar-refractivity contribution in [1.29, 1.82) is 0 Å². The number of ether oxygens (including phenoxy) is 1. The van der Waals surface area contributed by atoms with Crippen molar-refractivity contribution < 1.29 is 45.5 Å². The summed E-state index contributed by atoms with van der Waals surface area (Å²) in [5.41, 5.74) is 2.00. The molecular weight excluding hydrogens is 674 g/mol. The summed E-state index contributed by atoms with van der Waals surface area (Å²) in [6.07, 6.45) is 7.41. The molecule has 4 aliphatic carbocycles. The van der Waals surface area contributed by atoms with Crippen LogP contribution in [0.5, 0.6) is 0 Å². The average molecular weight is 749 g/mol. The third-order valence-electron chi connectivity index (χ3n) is 16.3. The summed E-state index contributed by atoms with van der Waals surface area (Å²) in [7, 11) is 0. The lowest BCUT2D eigenvalue weighted by Crippen LogP contribution is -2.95. The van der Waals surface area contributed by atoms with Crippen LogP contribution in [-0.2, 0) is 9.53 Å². The van der Waals surface area contributed by atoms with Gasteiger partial charge in [0.25, 0.3) is 0 Å². The Balaban J connectivity index is 1.32. The number of rotatable bonds is 13. The Morgan fingerprint density at radius 1 is 1.08 bits per heavy atom. The van der Waals surface area contributed by atoms with Crippen molar-refractivity contribution in [3.63, 3.8) is 0 Å². The lowest BCUT2D eigenvalue weighted by molar-refractivity contribution is -0.703. The van der Waals surface area contributed by atoms with Gasteiger partial charge in [-0.3, -0.25) is 15.5 Å². The van der Waals surface area contributed by atoms with Crippen molar-refractivity contribution in [1.82, 2.24) is 0 Å². The molecule has 0 aromatic heterocycles. The molecule has 304 valence electrons. The highest BCUT2D eigenvalue weighted by Gasteiger charge is 2.74. The molecule has 10 N–H and O–H groups in total. The quantitative estimate of drug-likeness (QED) is 0.130. The fourth-order valence-electron chi connectivity index (χ4n) is 13.0. The standard InChI is InChI=1S/C42H73N3O8/c1-6-7-8-9-10-27-23-53-37(25(27)3)38(50)40(5,51)32-15-18-42(52)34-28(14-16-39(32,42)4)41(17-13-26-11-12-33(43)44-22-26)20-31(48)30(47)19-29(41)36(49)35(34)45-21-24(2)46/h24-34,37-38,44,46-48,50-52H,6-23,43H2,1-5H3/p+1. The zero-order valence-corrected chi connectivity index (χ0v) is 33.3. The molecule has 6 fully saturated rings. The van der Waals surface area contributed by atoms with Gasteiger partial charge < -0.3 is 40.7 Å². The number of hydrogen-bond acceptors (Lipinski definition) is 10. The van der Waals surface area contributed by atoms with Gasteiger partial charge in [-0.05, 0) is 107 Å². The number of nitrogens with zero attached hydrogens (tertiary/aromatic N) is 1. The minimum absolute atomic E-state index is 0.0243. The first-order chi connectivity index (χ1) is 25.0. The Kier molecular flexibility index (Phi) is 12.6. The van der Waals surface area contributed by atoms with E-state index < -0.39 is 70.3 Å². The summed E-state index contributed by atoms with van der Waals surface area (Å²) in [5.74, 6) is -1.22. The Morgan fingerprint density at radius 2 is 1.83 bits per heavy atom. The Hall–Kier alpha value is -1.02. The Labute approximate surface area is 317 Å². The normalized spacial score (nSPS) is 47.4. The van der Waals surface area contributed by atoms with Gasteiger partial charge in [0.15, 0.2) is 5.78 Å². The third kappa shape index (κ3) is 7.35. The summed E-state index contributed by atoms with van der Waals surface area (Å²) in [6, 6.07) is 0. The molecule has 2 heterocycles. The summed E-state index contributed by atoms with van der Waals surface area (Å²) >= 11 is 0. The number of ketones is 1. The van der Waals surface area contributed by atoms with E-state index in [1.807, 2.05) is 6.92 Å². The number of hydrogen-bond donors (Lipinski definition) is 8. The molecule has 0 amide bonds. The van der Waals surface area contributed by atoms with Gasteiger partial charge in [-0.2, -0.15) is 0 Å². The fraction of sp³-hybridized carbons (Fsp3) is 0.952. The highest BCUT2D eigenvalue weighted by molar-refractivity contribution is 6.42. The van der Waals surface area contributed by atoms with Gasteiger partial charge >= 0.3 is 0 Å². The molecule has 53 heavy (non-hydrogen) atoms. The van der Waals surface area contributed by atoms with Crippen LogP contribution in [0.4, 0.5) is 0 Å². The van der Waals surface area contributed by atoms with Crippen LogP contribution in [0.25, 0.3) is 0 Å². The van der Waals surface area contributed by atoms with Crippen molar-refractivity contribution >= 4 is 11.5 Å². The van der Waals surface area contributed by atoms with Crippen LogP contribution in [-0.4, -0.2) is 110 Å². The predicted octanol–water partition coefficient (Wildman–Crippen LogP) is 2.45. The number of quaternary nitrogens is 1. The lowest BCUT2D eigenvalue weighted by atomic mass is 9.40. The van der Waals surface area contributed by atoms with Crippen LogP contribution in [0.1, 0.15) is 131 Å². The zero-order chi connectivity index (χ0) is 38.5. The highest BCUT2D eigenvalue weighted by Crippen LogP contribution is 2.70. The Bertz CT molecular complexity index is 1300. The van der Waals surface area contributed by atoms with Gasteiger partial charge in [0.1, 0.15) is 12.3 Å². The summed E-state index contributed by atoms with van der Waals surface area (Å²) < 4.78 is 6.27. The van der Waals surface area contributed by atoms with Crippen molar-refractivity contribution in [2.75, 3.05) is 19.7 Å². The second kappa shape index (κ2) is 16.1. The summed E-state index contributed by atoms with van der Waals surface area (Å²) in [4.78, 5) is 19.7. The number of unbranched alkanes of at least 4 members (excludes halogenated alkanes) is 3. The second-order valence-corrected chi connectivity index (χ2v) is 19.4. The molecule has 0 radical (unpaired) electrons. The minimum Gasteiger partial charge on any atom is -0.391 e. The van der Waals surface area contributed by atoms with Crippen LogP contribution in [0.2, 0.25) is 0 Å². The molecule has 17 atom stereocenters. The van der Waals surface area contributed by atoms with Gasteiger partial charge in [-0.15, -0.1) is 0 Å². The molecule has 6 rings (SSSR count). The first-order valence-corrected chi connectivity index (χ1v) is 21.5. The van der Waals surface area contributed by atoms with Crippen LogP contribution < -0.4 is 11.1 Å². The molecular formula is C42H74N3O8+. The van der Waals surface area contributed by atoms with E-state index in [9.17, 15) is 35.4 Å². The van der Waals surface area contributed by atoms with Crippen LogP contribution >= 0.6 is 0 Å². The van der Waals surface area contributed by atoms with E-state index in [0.29, 0.717) is 56.3 Å². The van der Waals surface area contributed by atoms with Gasteiger partial charge in [0.05, 0.1) is 61.0 Å². The van der Waals surface area contributed by atoms with Crippen LogP contribution in [0, 0.1) is 52.3 Å². The fourth-order valence-corrected chi connectivity index (χ4v) is 13.0. The van der Waals surface area contributed by atoms with Gasteiger partial charge in [0, 0.05) is 29.6 Å². The third-order valence-corrected chi connectivity index (χ3v) is 16.3. The van der Waals surface area contributed by atoms with E-state index in [1.54, 1.807) is 13.8 Å². The smallest absolute Gasteiger partial charge is 0.180 e. The number of nitrogens with two attached hydrogens (primary N) is 2. The van der Waals surface area contributed by atoms with Gasteiger partial charge in [-0.25, -0.2) is 0 Å². The number of carbonyl (C=O) groups excluding carboxylic acids is 1. The number of aliphatic hydroxyl groups excluding tert-OH is 4. The first kappa shape index (κ1) is 41.6. The SMILES string of the molecule is CCCCCCC1COC(C(O)C(C)(O)C2CCC3(O)C4C(=NCC(C)O)C(=O)C5CC(O)C(O)CC5(CCC5CCC(N)[NH2+]C5)C4CCC23C)C1C. The van der Waals surface area contributed by atoms with Crippen LogP contribution in [0.15, 0.2) is 4.99 Å². The van der Waals surface area contributed by atoms with E-state index in [4.69, 9.17) is 15.5 Å². The number of aliphatic imine (C=N–C) groups is 1. The van der Waals surface area contributed by atoms with Crippen LogP contribution in [0.3, 0.4) is 0 Å².